The molecule has 0 amide bonds. The summed E-state index contributed by atoms with van der Waals surface area (Å²) in [6.07, 6.45) is 2.53. The summed E-state index contributed by atoms with van der Waals surface area (Å²) in [5.41, 5.74) is 3.30. The molecule has 4 nitrogen and oxygen atoms in total. The van der Waals surface area contributed by atoms with Crippen molar-refractivity contribution >= 4 is 0 Å². The molecule has 2 heterocycles. The van der Waals surface area contributed by atoms with Crippen molar-refractivity contribution in [2.75, 3.05) is 20.1 Å². The predicted octanol–water partition coefficient (Wildman–Crippen LogP) is 2.83. The standard InChI is InChI=1S/C17H23N3O/c1-13-5-7-14(8-6-13)17-10-16(21-19-17)12-20-9-3-4-15(20)11-18-2/h5-8,10,15,18H,3-4,9,11-12H2,1-2H3. The van der Waals surface area contributed by atoms with Gasteiger partial charge in [-0.05, 0) is 33.4 Å². The first-order chi connectivity index (χ1) is 10.3. The number of nitrogens with one attached hydrogen (secondary N) is 1. The number of benzene rings is 1. The highest BCUT2D eigenvalue weighted by Crippen LogP contribution is 2.23. The number of aryl methyl sites for hydroxylation is 1. The molecule has 0 radical (unpaired) electrons. The molecule has 0 aliphatic carbocycles. The van der Waals surface area contributed by atoms with E-state index in [1.807, 2.05) is 7.05 Å². The number of likely N-dealkylation sites (N-methyl/N-ethyl adjacent to an activating group) is 1. The monoisotopic (exact) mass is 285 g/mol. The lowest BCUT2D eigenvalue weighted by molar-refractivity contribution is 0.213. The molecule has 2 aromatic rings. The molecule has 1 aromatic carbocycles. The maximum absolute atomic E-state index is 5.53. The molecule has 0 saturated carbocycles. The van der Waals surface area contributed by atoms with Crippen LogP contribution in [-0.2, 0) is 6.54 Å². The summed E-state index contributed by atoms with van der Waals surface area (Å²) in [7, 11) is 2.01. The van der Waals surface area contributed by atoms with E-state index >= 15 is 0 Å². The van der Waals surface area contributed by atoms with Crippen LogP contribution in [0.5, 0.6) is 0 Å². The minimum absolute atomic E-state index is 0.614. The molecule has 1 aliphatic rings. The lowest BCUT2D eigenvalue weighted by Gasteiger charge is -2.22. The van der Waals surface area contributed by atoms with Crippen molar-refractivity contribution in [1.82, 2.24) is 15.4 Å². The number of rotatable bonds is 5. The Bertz CT molecular complexity index is 576. The van der Waals surface area contributed by atoms with Crippen molar-refractivity contribution in [3.8, 4) is 11.3 Å². The summed E-state index contributed by atoms with van der Waals surface area (Å²) in [5.74, 6) is 0.952. The van der Waals surface area contributed by atoms with Gasteiger partial charge in [-0.3, -0.25) is 4.90 Å². The third kappa shape index (κ3) is 3.34. The van der Waals surface area contributed by atoms with Crippen LogP contribution in [0.15, 0.2) is 34.9 Å². The van der Waals surface area contributed by atoms with Crippen LogP contribution < -0.4 is 5.32 Å². The van der Waals surface area contributed by atoms with Crippen molar-refractivity contribution in [3.63, 3.8) is 0 Å². The van der Waals surface area contributed by atoms with E-state index in [4.69, 9.17) is 4.52 Å². The van der Waals surface area contributed by atoms with E-state index in [0.29, 0.717) is 6.04 Å². The van der Waals surface area contributed by atoms with E-state index < -0.39 is 0 Å². The van der Waals surface area contributed by atoms with Gasteiger partial charge in [0.1, 0.15) is 5.69 Å². The summed E-state index contributed by atoms with van der Waals surface area (Å²) in [5, 5.41) is 7.49. The fourth-order valence-corrected chi connectivity index (χ4v) is 3.02. The number of hydrogen-bond acceptors (Lipinski definition) is 4. The Morgan fingerprint density at radius 1 is 1.33 bits per heavy atom. The second-order valence-corrected chi connectivity index (χ2v) is 5.87. The van der Waals surface area contributed by atoms with Crippen molar-refractivity contribution in [3.05, 3.63) is 41.7 Å². The van der Waals surface area contributed by atoms with E-state index in [1.54, 1.807) is 0 Å². The summed E-state index contributed by atoms with van der Waals surface area (Å²) in [6, 6.07) is 11.1. The van der Waals surface area contributed by atoms with Gasteiger partial charge in [0.2, 0.25) is 0 Å². The Balaban J connectivity index is 1.69. The predicted molar refractivity (Wildman–Crippen MR) is 84.0 cm³/mol. The summed E-state index contributed by atoms with van der Waals surface area (Å²) in [6.45, 7) is 5.13. The van der Waals surface area contributed by atoms with E-state index in [2.05, 4.69) is 52.6 Å². The molecule has 3 rings (SSSR count). The van der Waals surface area contributed by atoms with Crippen LogP contribution in [-0.4, -0.2) is 36.2 Å². The highest BCUT2D eigenvalue weighted by atomic mass is 16.5. The van der Waals surface area contributed by atoms with Crippen LogP contribution in [0.1, 0.15) is 24.2 Å². The van der Waals surface area contributed by atoms with Crippen LogP contribution in [0, 0.1) is 6.92 Å². The van der Waals surface area contributed by atoms with E-state index in [-0.39, 0.29) is 0 Å². The molecule has 1 unspecified atom stereocenters. The molecule has 1 fully saturated rings. The Kier molecular flexibility index (Phi) is 4.36. The fourth-order valence-electron chi connectivity index (χ4n) is 3.02. The zero-order valence-corrected chi connectivity index (χ0v) is 12.8. The van der Waals surface area contributed by atoms with Gasteiger partial charge in [0.05, 0.1) is 6.54 Å². The number of nitrogens with zero attached hydrogens (tertiary/aromatic N) is 2. The second-order valence-electron chi connectivity index (χ2n) is 5.87. The molecule has 21 heavy (non-hydrogen) atoms. The molecule has 1 aliphatic heterocycles. The average molecular weight is 285 g/mol. The molecule has 1 saturated heterocycles. The zero-order chi connectivity index (χ0) is 14.7. The van der Waals surface area contributed by atoms with Crippen molar-refractivity contribution < 1.29 is 4.52 Å². The maximum Gasteiger partial charge on any atom is 0.151 e. The zero-order valence-electron chi connectivity index (χ0n) is 12.8. The van der Waals surface area contributed by atoms with Crippen molar-refractivity contribution in [2.24, 2.45) is 0 Å². The van der Waals surface area contributed by atoms with Gasteiger partial charge in [0.25, 0.3) is 0 Å². The van der Waals surface area contributed by atoms with Crippen molar-refractivity contribution in [2.45, 2.75) is 32.4 Å². The van der Waals surface area contributed by atoms with Gasteiger partial charge in [-0.15, -0.1) is 0 Å². The first kappa shape index (κ1) is 14.3. The highest BCUT2D eigenvalue weighted by molar-refractivity contribution is 5.59. The van der Waals surface area contributed by atoms with Gasteiger partial charge in [0.15, 0.2) is 5.76 Å². The highest BCUT2D eigenvalue weighted by Gasteiger charge is 2.24. The summed E-state index contributed by atoms with van der Waals surface area (Å²) in [4.78, 5) is 2.48. The summed E-state index contributed by atoms with van der Waals surface area (Å²) >= 11 is 0. The minimum atomic E-state index is 0.614. The van der Waals surface area contributed by atoms with Gasteiger partial charge >= 0.3 is 0 Å². The summed E-state index contributed by atoms with van der Waals surface area (Å²) < 4.78 is 5.53. The van der Waals surface area contributed by atoms with Gasteiger partial charge in [0, 0.05) is 24.2 Å². The SMILES string of the molecule is CNCC1CCCN1Cc1cc(-c2ccc(C)cc2)no1. The molecule has 0 bridgehead atoms. The molecular weight excluding hydrogens is 262 g/mol. The number of hydrogen-bond donors (Lipinski definition) is 1. The third-order valence-electron chi connectivity index (χ3n) is 4.20. The van der Waals surface area contributed by atoms with Crippen LogP contribution in [0.25, 0.3) is 11.3 Å². The van der Waals surface area contributed by atoms with E-state index in [0.717, 1.165) is 36.7 Å². The van der Waals surface area contributed by atoms with Crippen LogP contribution >= 0.6 is 0 Å². The van der Waals surface area contributed by atoms with E-state index in [9.17, 15) is 0 Å². The maximum atomic E-state index is 5.53. The van der Waals surface area contributed by atoms with E-state index in [1.165, 1.54) is 18.4 Å². The largest absolute Gasteiger partial charge is 0.359 e. The van der Waals surface area contributed by atoms with Crippen LogP contribution in [0.2, 0.25) is 0 Å². The first-order valence-electron chi connectivity index (χ1n) is 7.67. The third-order valence-corrected chi connectivity index (χ3v) is 4.20. The number of likely N-dealkylation sites (tertiary alicyclic amines) is 1. The topological polar surface area (TPSA) is 41.3 Å². The number of aromatic nitrogens is 1. The fraction of sp³-hybridized carbons (Fsp3) is 0.471. The van der Waals surface area contributed by atoms with Crippen LogP contribution in [0.3, 0.4) is 0 Å². The minimum Gasteiger partial charge on any atom is -0.359 e. The molecule has 1 N–H and O–H groups in total. The molecular formula is C17H23N3O. The lowest BCUT2D eigenvalue weighted by atomic mass is 10.1. The normalized spacial score (nSPS) is 19.2. The molecule has 1 atom stereocenters. The Morgan fingerprint density at radius 3 is 2.90 bits per heavy atom. The van der Waals surface area contributed by atoms with Gasteiger partial charge in [-0.1, -0.05) is 35.0 Å². The quantitative estimate of drug-likeness (QED) is 0.917. The first-order valence-corrected chi connectivity index (χ1v) is 7.67. The van der Waals surface area contributed by atoms with Gasteiger partial charge in [-0.25, -0.2) is 0 Å². The van der Waals surface area contributed by atoms with Crippen LogP contribution in [0.4, 0.5) is 0 Å². The molecule has 112 valence electrons. The molecule has 1 aromatic heterocycles. The Labute approximate surface area is 126 Å². The molecule has 0 spiro atoms. The lowest BCUT2D eigenvalue weighted by Crippen LogP contribution is -2.36. The Morgan fingerprint density at radius 2 is 2.14 bits per heavy atom. The average Bonchev–Trinajstić information content (AvgIpc) is 3.11. The van der Waals surface area contributed by atoms with Gasteiger partial charge < -0.3 is 9.84 Å². The Hall–Kier alpha value is -1.65. The van der Waals surface area contributed by atoms with Crippen molar-refractivity contribution in [1.29, 1.82) is 0 Å². The van der Waals surface area contributed by atoms with Gasteiger partial charge in [-0.2, -0.15) is 0 Å². The molecule has 4 heteroatoms. The second kappa shape index (κ2) is 6.41. The smallest absolute Gasteiger partial charge is 0.151 e.